The van der Waals surface area contributed by atoms with Crippen molar-refractivity contribution in [3.05, 3.63) is 0 Å². The van der Waals surface area contributed by atoms with Crippen molar-refractivity contribution in [3.63, 3.8) is 0 Å². The Labute approximate surface area is 273 Å². The van der Waals surface area contributed by atoms with Crippen LogP contribution in [0.3, 0.4) is 0 Å². The summed E-state index contributed by atoms with van der Waals surface area (Å²) in [7, 11) is 0. The summed E-state index contributed by atoms with van der Waals surface area (Å²) in [4.78, 5) is 80.8. The minimum Gasteiger partial charge on any atom is -0.460 e. The smallest absolute Gasteiger partial charge is 0.408 e. The minimum absolute atomic E-state index is 0.0753. The molecular weight excluding hydrogens is 592 g/mol. The number of amides is 4. The van der Waals surface area contributed by atoms with Crippen molar-refractivity contribution < 1.29 is 38.2 Å². The van der Waals surface area contributed by atoms with Gasteiger partial charge in [0.05, 0.1) is 12.5 Å². The number of fused-ring (bicyclic) bond motifs is 1. The van der Waals surface area contributed by atoms with Crippen LogP contribution in [0.2, 0.25) is 0 Å². The Kier molecular flexibility index (Phi) is 10.9. The van der Waals surface area contributed by atoms with Crippen molar-refractivity contribution in [2.45, 2.75) is 138 Å². The molecule has 1 heterocycles. The minimum atomic E-state index is -1.07. The molecule has 3 fully saturated rings. The highest BCUT2D eigenvalue weighted by molar-refractivity contribution is 6.38. The molecule has 12 heteroatoms. The molecule has 260 valence electrons. The van der Waals surface area contributed by atoms with Gasteiger partial charge in [-0.3, -0.25) is 24.0 Å². The molecule has 5 atom stereocenters. The Morgan fingerprint density at radius 2 is 1.46 bits per heavy atom. The molecule has 3 aliphatic rings. The van der Waals surface area contributed by atoms with E-state index in [1.54, 1.807) is 41.5 Å². The van der Waals surface area contributed by atoms with Gasteiger partial charge >= 0.3 is 12.1 Å². The molecule has 0 aromatic carbocycles. The van der Waals surface area contributed by atoms with Crippen LogP contribution in [-0.2, 0) is 33.4 Å². The van der Waals surface area contributed by atoms with Crippen LogP contribution in [0.15, 0.2) is 0 Å². The number of rotatable bonds is 11. The third kappa shape index (κ3) is 9.44. The fourth-order valence-corrected chi connectivity index (χ4v) is 6.52. The van der Waals surface area contributed by atoms with E-state index in [2.05, 4.69) is 29.8 Å². The van der Waals surface area contributed by atoms with Crippen LogP contribution in [0.4, 0.5) is 4.79 Å². The molecule has 1 saturated heterocycles. The third-order valence-corrected chi connectivity index (χ3v) is 9.22. The number of nitrogens with one attached hydrogen (secondary N) is 3. The van der Waals surface area contributed by atoms with Crippen LogP contribution in [0.5, 0.6) is 0 Å². The summed E-state index contributed by atoms with van der Waals surface area (Å²) in [5.74, 6) is -2.93. The number of carbonyl (C=O) groups is 6. The van der Waals surface area contributed by atoms with Crippen LogP contribution in [0.1, 0.15) is 108 Å². The molecule has 3 rings (SSSR count). The number of Topliss-reactive ketones (excluding diaryl/α,β-unsaturated/α-hetero) is 1. The number of carbonyl (C=O) groups excluding carboxylic acids is 6. The van der Waals surface area contributed by atoms with Crippen molar-refractivity contribution in [2.24, 2.45) is 28.6 Å². The normalized spacial score (nSPS) is 23.6. The summed E-state index contributed by atoms with van der Waals surface area (Å²) in [6.45, 7) is 20.3. The summed E-state index contributed by atoms with van der Waals surface area (Å²) in [6, 6.07) is -2.92. The molecule has 12 nitrogen and oxygen atoms in total. The van der Waals surface area contributed by atoms with Gasteiger partial charge in [-0.25, -0.2) is 4.79 Å². The van der Waals surface area contributed by atoms with Gasteiger partial charge in [0.2, 0.25) is 17.6 Å². The first-order valence-corrected chi connectivity index (χ1v) is 16.6. The third-order valence-electron chi connectivity index (χ3n) is 9.22. The molecule has 5 unspecified atom stereocenters. The zero-order valence-electron chi connectivity index (χ0n) is 29.6. The van der Waals surface area contributed by atoms with E-state index < -0.39 is 70.3 Å². The molecule has 0 aromatic rings. The lowest BCUT2D eigenvalue weighted by Crippen LogP contribution is -2.61. The number of hydrogen-bond acceptors (Lipinski definition) is 8. The van der Waals surface area contributed by atoms with E-state index in [1.807, 2.05) is 20.8 Å². The Morgan fingerprint density at radius 3 is 1.96 bits per heavy atom. The number of nitrogens with zero attached hydrogens (tertiary/aromatic N) is 1. The van der Waals surface area contributed by atoms with E-state index in [1.165, 1.54) is 4.90 Å². The number of piperidine rings is 1. The summed E-state index contributed by atoms with van der Waals surface area (Å²) < 4.78 is 10.7. The van der Waals surface area contributed by atoms with Crippen molar-refractivity contribution in [3.8, 4) is 0 Å². The highest BCUT2D eigenvalue weighted by Gasteiger charge is 2.70. The molecule has 4 amide bonds. The predicted molar refractivity (Wildman–Crippen MR) is 171 cm³/mol. The molecule has 46 heavy (non-hydrogen) atoms. The number of ether oxygens (including phenoxy) is 2. The van der Waals surface area contributed by atoms with Crippen LogP contribution in [0, 0.1) is 28.6 Å². The Morgan fingerprint density at radius 1 is 0.870 bits per heavy atom. The predicted octanol–water partition coefficient (Wildman–Crippen LogP) is 3.50. The number of esters is 1. The highest BCUT2D eigenvalue weighted by atomic mass is 16.6. The van der Waals surface area contributed by atoms with Gasteiger partial charge < -0.3 is 30.3 Å². The molecular formula is C34H56N4O8. The maximum Gasteiger partial charge on any atom is 0.408 e. The van der Waals surface area contributed by atoms with Crippen molar-refractivity contribution in [1.29, 1.82) is 0 Å². The number of ketones is 1. The lowest BCUT2D eigenvalue weighted by molar-refractivity contribution is -0.154. The molecule has 0 radical (unpaired) electrons. The van der Waals surface area contributed by atoms with E-state index in [4.69, 9.17) is 9.47 Å². The average molecular weight is 649 g/mol. The zero-order chi connectivity index (χ0) is 35.0. The summed E-state index contributed by atoms with van der Waals surface area (Å²) in [5, 5.41) is 8.08. The second-order valence-corrected chi connectivity index (χ2v) is 16.9. The molecule has 0 aromatic heterocycles. The first-order valence-electron chi connectivity index (χ1n) is 16.6. The van der Waals surface area contributed by atoms with Gasteiger partial charge in [0.25, 0.3) is 5.91 Å². The van der Waals surface area contributed by atoms with Gasteiger partial charge in [-0.15, -0.1) is 0 Å². The number of alkyl carbamates (subject to hydrolysis) is 1. The van der Waals surface area contributed by atoms with Crippen LogP contribution >= 0.6 is 0 Å². The lowest BCUT2D eigenvalue weighted by atomic mass is 9.80. The van der Waals surface area contributed by atoms with Crippen molar-refractivity contribution in [2.75, 3.05) is 13.1 Å². The van der Waals surface area contributed by atoms with Gasteiger partial charge in [-0.1, -0.05) is 53.9 Å². The van der Waals surface area contributed by atoms with Crippen molar-refractivity contribution in [1.82, 2.24) is 20.9 Å². The van der Waals surface area contributed by atoms with Crippen LogP contribution in [-0.4, -0.2) is 82.9 Å². The van der Waals surface area contributed by atoms with E-state index in [0.29, 0.717) is 13.0 Å². The maximum absolute atomic E-state index is 14.1. The van der Waals surface area contributed by atoms with Crippen LogP contribution < -0.4 is 16.0 Å². The Hall–Kier alpha value is -3.18. The number of hydrogen-bond donors (Lipinski definition) is 3. The molecule has 2 saturated carbocycles. The van der Waals surface area contributed by atoms with E-state index in [0.717, 1.165) is 19.3 Å². The maximum atomic E-state index is 14.1. The summed E-state index contributed by atoms with van der Waals surface area (Å²) >= 11 is 0. The molecule has 2 aliphatic carbocycles. The first kappa shape index (κ1) is 37.3. The first-order chi connectivity index (χ1) is 20.9. The van der Waals surface area contributed by atoms with E-state index in [9.17, 15) is 28.8 Å². The van der Waals surface area contributed by atoms with Crippen LogP contribution in [0.25, 0.3) is 0 Å². The monoisotopic (exact) mass is 648 g/mol. The fourth-order valence-electron chi connectivity index (χ4n) is 6.52. The highest BCUT2D eigenvalue weighted by Crippen LogP contribution is 2.65. The second kappa shape index (κ2) is 13.5. The van der Waals surface area contributed by atoms with Gasteiger partial charge in [0, 0.05) is 13.1 Å². The summed E-state index contributed by atoms with van der Waals surface area (Å²) in [6.07, 6.45) is 2.30. The standard InChI is InChI=1S/C34H56N4O8/c1-31(2,3)26(37-30(44)46-33(7,8)9)29(43)38-18-20-23(34(20,10)11)24(38)27(41)36-21(17-19-13-12-14-19)25(40)28(42)35-16-15-22(39)45-32(4,5)6/h19-21,23-24,26H,12-18H2,1-11H3,(H,35,42)(H,36,41)(H,37,44). The SMILES string of the molecule is CC(C)(C)OC(=O)CCNC(=O)C(=O)C(CC1CCC1)NC(=O)C1C2C(CN1C(=O)C(NC(=O)OC(C)(C)C)C(C)(C)C)C2(C)C. The van der Waals surface area contributed by atoms with Gasteiger partial charge in [-0.2, -0.15) is 0 Å². The Bertz CT molecular complexity index is 1200. The average Bonchev–Trinajstić information content (AvgIpc) is 3.17. The lowest BCUT2D eigenvalue weighted by Gasteiger charge is -2.38. The fraction of sp³-hybridized carbons (Fsp3) is 0.824. The van der Waals surface area contributed by atoms with Gasteiger partial charge in [-0.05, 0) is 76.5 Å². The largest absolute Gasteiger partial charge is 0.460 e. The van der Waals surface area contributed by atoms with Crippen molar-refractivity contribution >= 4 is 35.6 Å². The molecule has 1 aliphatic heterocycles. The van der Waals surface area contributed by atoms with Gasteiger partial charge in [0.15, 0.2) is 0 Å². The molecule has 0 spiro atoms. The summed E-state index contributed by atoms with van der Waals surface area (Å²) in [5.41, 5.74) is -2.32. The van der Waals surface area contributed by atoms with E-state index >= 15 is 0 Å². The quantitative estimate of drug-likeness (QED) is 0.227. The zero-order valence-corrected chi connectivity index (χ0v) is 29.6. The number of likely N-dealkylation sites (tertiary alicyclic amines) is 1. The molecule has 3 N–H and O–H groups in total. The molecule has 0 bridgehead atoms. The topological polar surface area (TPSA) is 160 Å². The Balaban J connectivity index is 1.77. The van der Waals surface area contributed by atoms with Gasteiger partial charge in [0.1, 0.15) is 23.3 Å². The second-order valence-electron chi connectivity index (χ2n) is 16.9. The van der Waals surface area contributed by atoms with E-state index in [-0.39, 0.29) is 36.1 Å².